The molecule has 3 heterocycles. The van der Waals surface area contributed by atoms with Crippen molar-refractivity contribution in [3.05, 3.63) is 59.9 Å². The van der Waals surface area contributed by atoms with E-state index in [1.54, 1.807) is 0 Å². The average Bonchev–Trinajstić information content (AvgIpc) is 3.76. The van der Waals surface area contributed by atoms with Crippen LogP contribution in [0, 0.1) is 0 Å². The van der Waals surface area contributed by atoms with Gasteiger partial charge < -0.3 is 14.0 Å². The molecule has 2 fully saturated rings. The molecule has 2 saturated carbocycles. The molecule has 0 bridgehead atoms. The third kappa shape index (κ3) is 6.55. The molecule has 0 aliphatic heterocycles. The van der Waals surface area contributed by atoms with Gasteiger partial charge in [-0.15, -0.1) is 20.4 Å². The zero-order chi connectivity index (χ0) is 30.4. The minimum Gasteiger partial charge on any atom is -0.472 e. The predicted octanol–water partition coefficient (Wildman–Crippen LogP) is 7.49. The standard InChI is InChI=1S/C35H42N8O2/c1-2-3-18-30-36-31-32(35(45-27-14-8-5-9-15-27)40-39-34(31)44-26-12-6-4-7-13-26)43(30)23-24-19-21-25(22-20-24)28-16-10-11-17-29(28)33-37-41-42-38-33/h10-11,16-17,19-22,26-27H,2-9,12-15,18,23H2,1H3,(H,37,38,41,42). The van der Waals surface area contributed by atoms with Gasteiger partial charge in [-0.3, -0.25) is 0 Å². The molecule has 2 aliphatic rings. The van der Waals surface area contributed by atoms with Crippen molar-refractivity contribution in [3.8, 4) is 34.3 Å². The Balaban J connectivity index is 1.25. The summed E-state index contributed by atoms with van der Waals surface area (Å²) in [6, 6.07) is 16.8. The molecule has 2 aromatic carbocycles. The highest BCUT2D eigenvalue weighted by Crippen LogP contribution is 2.36. The van der Waals surface area contributed by atoms with Crippen molar-refractivity contribution in [2.45, 2.75) is 109 Å². The van der Waals surface area contributed by atoms with Crippen molar-refractivity contribution in [2.24, 2.45) is 0 Å². The second-order valence-electron chi connectivity index (χ2n) is 12.5. The van der Waals surface area contributed by atoms with Crippen molar-refractivity contribution in [2.75, 3.05) is 0 Å². The lowest BCUT2D eigenvalue weighted by atomic mass is 9.98. The van der Waals surface area contributed by atoms with E-state index < -0.39 is 0 Å². The molecule has 1 N–H and O–H groups in total. The number of imidazole rings is 1. The van der Waals surface area contributed by atoms with Gasteiger partial charge in [-0.05, 0) is 79.7 Å². The highest BCUT2D eigenvalue weighted by Gasteiger charge is 2.26. The van der Waals surface area contributed by atoms with Crippen LogP contribution in [0.15, 0.2) is 48.5 Å². The molecule has 7 rings (SSSR count). The van der Waals surface area contributed by atoms with Crippen LogP contribution >= 0.6 is 0 Å². The number of unbranched alkanes of at least 4 members (excludes halogenated alkanes) is 1. The van der Waals surface area contributed by atoms with Crippen LogP contribution in [0.2, 0.25) is 0 Å². The maximum absolute atomic E-state index is 6.63. The molecule has 0 spiro atoms. The molecule has 234 valence electrons. The van der Waals surface area contributed by atoms with Crippen molar-refractivity contribution in [1.29, 1.82) is 0 Å². The number of aromatic amines is 1. The number of nitrogens with zero attached hydrogens (tertiary/aromatic N) is 7. The second-order valence-corrected chi connectivity index (χ2v) is 12.5. The van der Waals surface area contributed by atoms with E-state index in [1.807, 2.05) is 18.2 Å². The average molecular weight is 607 g/mol. The number of rotatable bonds is 11. The van der Waals surface area contributed by atoms with Gasteiger partial charge in [-0.1, -0.05) is 74.7 Å². The monoisotopic (exact) mass is 606 g/mol. The molecule has 0 atom stereocenters. The van der Waals surface area contributed by atoms with Gasteiger partial charge in [0.1, 0.15) is 23.5 Å². The predicted molar refractivity (Wildman–Crippen MR) is 173 cm³/mol. The summed E-state index contributed by atoms with van der Waals surface area (Å²) in [7, 11) is 0. The van der Waals surface area contributed by atoms with Gasteiger partial charge in [0.15, 0.2) is 5.52 Å². The second kappa shape index (κ2) is 13.7. The van der Waals surface area contributed by atoms with E-state index in [9.17, 15) is 0 Å². The molecular weight excluding hydrogens is 564 g/mol. The number of benzene rings is 2. The van der Waals surface area contributed by atoms with Crippen molar-refractivity contribution < 1.29 is 9.47 Å². The maximum Gasteiger partial charge on any atom is 0.262 e. The van der Waals surface area contributed by atoms with Gasteiger partial charge in [-0.25, -0.2) is 4.98 Å². The van der Waals surface area contributed by atoms with Crippen LogP contribution in [0.5, 0.6) is 11.8 Å². The Morgan fingerprint density at radius 3 is 2.11 bits per heavy atom. The molecule has 0 amide bonds. The summed E-state index contributed by atoms with van der Waals surface area (Å²) in [5.74, 6) is 2.72. The fraction of sp³-hybridized carbons (Fsp3) is 0.486. The summed E-state index contributed by atoms with van der Waals surface area (Å²) < 4.78 is 15.4. The van der Waals surface area contributed by atoms with E-state index in [2.05, 4.69) is 72.6 Å². The summed E-state index contributed by atoms with van der Waals surface area (Å²) in [5, 5.41) is 24.0. The molecule has 0 radical (unpaired) electrons. The molecule has 45 heavy (non-hydrogen) atoms. The van der Waals surface area contributed by atoms with Gasteiger partial charge in [0.2, 0.25) is 5.82 Å². The van der Waals surface area contributed by atoms with Crippen LogP contribution in [-0.2, 0) is 13.0 Å². The van der Waals surface area contributed by atoms with Gasteiger partial charge in [0.25, 0.3) is 11.8 Å². The SMILES string of the molecule is CCCCc1nc2c(OC3CCCCC3)nnc(OC3CCCCC3)c2n1Cc1ccc(-c2ccccc2-c2nn[nH]n2)cc1. The lowest BCUT2D eigenvalue weighted by Gasteiger charge is -2.24. The zero-order valence-electron chi connectivity index (χ0n) is 26.1. The van der Waals surface area contributed by atoms with E-state index in [4.69, 9.17) is 14.5 Å². The highest BCUT2D eigenvalue weighted by molar-refractivity contribution is 5.85. The fourth-order valence-corrected chi connectivity index (χ4v) is 6.77. The van der Waals surface area contributed by atoms with Gasteiger partial charge in [-0.2, -0.15) is 5.21 Å². The topological polar surface area (TPSA) is 117 Å². The Kier molecular flexibility index (Phi) is 8.98. The minimum absolute atomic E-state index is 0.155. The third-order valence-electron chi connectivity index (χ3n) is 9.22. The van der Waals surface area contributed by atoms with Crippen molar-refractivity contribution in [3.63, 3.8) is 0 Å². The lowest BCUT2D eigenvalue weighted by molar-refractivity contribution is 0.140. The lowest BCUT2D eigenvalue weighted by Crippen LogP contribution is -2.22. The quantitative estimate of drug-likeness (QED) is 0.164. The summed E-state index contributed by atoms with van der Waals surface area (Å²) in [6.07, 6.45) is 14.8. The molecule has 2 aliphatic carbocycles. The normalized spacial score (nSPS) is 16.3. The smallest absolute Gasteiger partial charge is 0.262 e. The number of hydrogen-bond acceptors (Lipinski definition) is 8. The van der Waals surface area contributed by atoms with Crippen LogP contribution in [0.3, 0.4) is 0 Å². The Morgan fingerprint density at radius 2 is 1.44 bits per heavy atom. The Labute approximate surface area is 264 Å². The van der Waals surface area contributed by atoms with E-state index in [-0.39, 0.29) is 12.2 Å². The summed E-state index contributed by atoms with van der Waals surface area (Å²) >= 11 is 0. The first-order chi connectivity index (χ1) is 22.3. The molecule has 10 nitrogen and oxygen atoms in total. The number of ether oxygens (including phenoxy) is 2. The number of tetrazole rings is 1. The van der Waals surface area contributed by atoms with E-state index in [1.165, 1.54) is 44.1 Å². The number of aryl methyl sites for hydroxylation is 1. The van der Waals surface area contributed by atoms with E-state index >= 15 is 0 Å². The molecule has 0 saturated heterocycles. The molecule has 10 heteroatoms. The third-order valence-corrected chi connectivity index (χ3v) is 9.22. The number of fused-ring (bicyclic) bond motifs is 1. The van der Waals surface area contributed by atoms with Crippen molar-refractivity contribution in [1.82, 2.24) is 40.4 Å². The number of H-pyrrole nitrogens is 1. The maximum atomic E-state index is 6.63. The van der Waals surface area contributed by atoms with Crippen molar-refractivity contribution >= 4 is 11.0 Å². The van der Waals surface area contributed by atoms with E-state index in [0.29, 0.717) is 24.1 Å². The molecular formula is C35H42N8O2. The Hall–Kier alpha value is -4.34. The Morgan fingerprint density at radius 1 is 0.778 bits per heavy atom. The highest BCUT2D eigenvalue weighted by atomic mass is 16.5. The molecule has 0 unspecified atom stereocenters. The van der Waals surface area contributed by atoms with E-state index in [0.717, 1.165) is 78.5 Å². The van der Waals surface area contributed by atoms with Crippen LogP contribution in [-0.4, -0.2) is 52.6 Å². The molecule has 3 aromatic heterocycles. The fourth-order valence-electron chi connectivity index (χ4n) is 6.77. The van der Waals surface area contributed by atoms with Gasteiger partial charge in [0.05, 0.1) is 0 Å². The number of nitrogens with one attached hydrogen (secondary N) is 1. The first-order valence-corrected chi connectivity index (χ1v) is 16.8. The Bertz CT molecular complexity index is 1690. The number of aromatic nitrogens is 8. The summed E-state index contributed by atoms with van der Waals surface area (Å²) in [4.78, 5) is 5.20. The minimum atomic E-state index is 0.155. The van der Waals surface area contributed by atoms with Crippen LogP contribution in [0.25, 0.3) is 33.5 Å². The summed E-state index contributed by atoms with van der Waals surface area (Å²) in [5.41, 5.74) is 5.94. The molecule has 5 aromatic rings. The van der Waals surface area contributed by atoms with Gasteiger partial charge in [0, 0.05) is 18.5 Å². The number of hydrogen-bond donors (Lipinski definition) is 1. The zero-order valence-corrected chi connectivity index (χ0v) is 26.1. The first-order valence-electron chi connectivity index (χ1n) is 16.8. The first kappa shape index (κ1) is 29.4. The largest absolute Gasteiger partial charge is 0.472 e. The summed E-state index contributed by atoms with van der Waals surface area (Å²) in [6.45, 7) is 2.87. The van der Waals surface area contributed by atoms with Gasteiger partial charge >= 0.3 is 0 Å². The van der Waals surface area contributed by atoms with Crippen LogP contribution < -0.4 is 9.47 Å². The van der Waals surface area contributed by atoms with Crippen LogP contribution in [0.1, 0.15) is 95.4 Å². The van der Waals surface area contributed by atoms with Crippen LogP contribution in [0.4, 0.5) is 0 Å².